The molecule has 3 N–H and O–H groups in total. The van der Waals surface area contributed by atoms with Crippen molar-refractivity contribution in [3.05, 3.63) is 24.3 Å². The van der Waals surface area contributed by atoms with Crippen LogP contribution in [-0.4, -0.2) is 46.8 Å². The molecule has 0 amide bonds. The predicted octanol–water partition coefficient (Wildman–Crippen LogP) is 0.908. The number of rotatable bonds is 7. The van der Waals surface area contributed by atoms with Crippen molar-refractivity contribution >= 4 is 32.5 Å². The Morgan fingerprint density at radius 2 is 1.67 bits per heavy atom. The van der Waals surface area contributed by atoms with Crippen LogP contribution in [0, 0.1) is 0 Å². The summed E-state index contributed by atoms with van der Waals surface area (Å²) in [5.41, 5.74) is 5.60. The van der Waals surface area contributed by atoms with Gasteiger partial charge in [-0.05, 0) is 38.3 Å². The van der Waals surface area contributed by atoms with Crippen molar-refractivity contribution in [2.24, 2.45) is 5.73 Å². The summed E-state index contributed by atoms with van der Waals surface area (Å²) >= 11 is 0. The second-order valence-corrected chi connectivity index (χ2v) is 9.36. The van der Waals surface area contributed by atoms with Gasteiger partial charge in [0.05, 0.1) is 0 Å². The van der Waals surface area contributed by atoms with E-state index in [1.165, 1.54) is 28.6 Å². The molecule has 1 aliphatic rings. The minimum atomic E-state index is -3.91. The second-order valence-electron chi connectivity index (χ2n) is 5.72. The molecule has 7 nitrogen and oxygen atoms in total. The first kappa shape index (κ1) is 21.3. The minimum Gasteiger partial charge on any atom is -0.328 e. The Kier molecular flexibility index (Phi) is 7.64. The molecule has 1 aromatic rings. The van der Waals surface area contributed by atoms with E-state index in [9.17, 15) is 16.8 Å². The van der Waals surface area contributed by atoms with E-state index in [2.05, 4.69) is 4.72 Å². The van der Waals surface area contributed by atoms with Gasteiger partial charge in [0.2, 0.25) is 20.0 Å². The number of nitrogens with two attached hydrogens (primary N) is 1. The second kappa shape index (κ2) is 8.59. The van der Waals surface area contributed by atoms with Crippen LogP contribution in [0.4, 0.5) is 0 Å². The third-order valence-corrected chi connectivity index (χ3v) is 7.32. The van der Waals surface area contributed by atoms with Gasteiger partial charge in [-0.2, -0.15) is 4.31 Å². The molecule has 0 spiro atoms. The zero-order chi connectivity index (χ0) is 17.1. The van der Waals surface area contributed by atoms with Gasteiger partial charge in [-0.3, -0.25) is 0 Å². The van der Waals surface area contributed by atoms with Crippen molar-refractivity contribution in [2.75, 3.05) is 19.6 Å². The molecule has 0 saturated carbocycles. The lowest BCUT2D eigenvalue weighted by molar-refractivity contribution is 0.474. The fourth-order valence-electron chi connectivity index (χ4n) is 2.45. The van der Waals surface area contributed by atoms with Crippen LogP contribution in [0.5, 0.6) is 0 Å². The van der Waals surface area contributed by atoms with Crippen LogP contribution in [0.2, 0.25) is 0 Å². The van der Waals surface area contributed by atoms with Gasteiger partial charge in [0.15, 0.2) is 0 Å². The van der Waals surface area contributed by atoms with E-state index in [-0.39, 0.29) is 34.8 Å². The van der Waals surface area contributed by atoms with Crippen molar-refractivity contribution in [1.29, 1.82) is 0 Å². The summed E-state index contributed by atoms with van der Waals surface area (Å²) < 4.78 is 54.1. The highest BCUT2D eigenvalue weighted by Gasteiger charge is 2.32. The third kappa shape index (κ3) is 4.90. The van der Waals surface area contributed by atoms with E-state index in [0.29, 0.717) is 19.5 Å². The number of benzene rings is 1. The number of sulfonamides is 2. The smallest absolute Gasteiger partial charge is 0.244 e. The van der Waals surface area contributed by atoms with Gasteiger partial charge in [-0.15, -0.1) is 12.4 Å². The van der Waals surface area contributed by atoms with Crippen LogP contribution >= 0.6 is 12.4 Å². The molecule has 1 atom stereocenters. The highest BCUT2D eigenvalue weighted by molar-refractivity contribution is 7.92. The van der Waals surface area contributed by atoms with Crippen LogP contribution in [0.3, 0.4) is 0 Å². The van der Waals surface area contributed by atoms with Gasteiger partial charge in [-0.25, -0.2) is 21.6 Å². The largest absolute Gasteiger partial charge is 0.328 e. The number of nitrogens with zero attached hydrogens (tertiary/aromatic N) is 1. The first-order valence-electron chi connectivity index (χ1n) is 7.59. The van der Waals surface area contributed by atoms with Gasteiger partial charge in [0.25, 0.3) is 0 Å². The van der Waals surface area contributed by atoms with E-state index >= 15 is 0 Å². The average molecular weight is 398 g/mol. The predicted molar refractivity (Wildman–Crippen MR) is 95.1 cm³/mol. The van der Waals surface area contributed by atoms with Crippen molar-refractivity contribution < 1.29 is 16.8 Å². The Balaban J connectivity index is 0.00000288. The molecule has 10 heteroatoms. The van der Waals surface area contributed by atoms with Crippen LogP contribution in [0.15, 0.2) is 34.1 Å². The summed E-state index contributed by atoms with van der Waals surface area (Å²) in [5.74, 6) is 0. The normalized spacial score (nSPS) is 17.4. The SMILES string of the molecule is CC(N)CCNS(=O)(=O)c1ccccc1S(=O)(=O)N1CCCC1.Cl. The molecule has 0 aromatic heterocycles. The van der Waals surface area contributed by atoms with Crippen molar-refractivity contribution in [3.8, 4) is 0 Å². The van der Waals surface area contributed by atoms with Gasteiger partial charge in [-0.1, -0.05) is 12.1 Å². The van der Waals surface area contributed by atoms with E-state index in [0.717, 1.165) is 12.8 Å². The Labute approximate surface area is 150 Å². The van der Waals surface area contributed by atoms with Gasteiger partial charge >= 0.3 is 0 Å². The lowest BCUT2D eigenvalue weighted by atomic mass is 10.3. The fourth-order valence-corrected chi connectivity index (χ4v) is 5.82. The quantitative estimate of drug-likeness (QED) is 0.710. The van der Waals surface area contributed by atoms with Crippen molar-refractivity contribution in [1.82, 2.24) is 9.03 Å². The maximum Gasteiger partial charge on any atom is 0.244 e. The molecule has 24 heavy (non-hydrogen) atoms. The number of hydrogen-bond donors (Lipinski definition) is 2. The van der Waals surface area contributed by atoms with Crippen molar-refractivity contribution in [2.45, 2.75) is 42.0 Å². The molecule has 1 heterocycles. The number of nitrogens with one attached hydrogen (secondary N) is 1. The standard InChI is InChI=1S/C14H23N3O4S2.ClH/c1-12(15)8-9-16-22(18,19)13-6-2-3-7-14(13)23(20,21)17-10-4-5-11-17;/h2-3,6-7,12,16H,4-5,8-11,15H2,1H3;1H. The number of halogens is 1. The maximum atomic E-state index is 12.7. The zero-order valence-corrected chi connectivity index (χ0v) is 16.0. The fraction of sp³-hybridized carbons (Fsp3) is 0.571. The Morgan fingerprint density at radius 1 is 1.12 bits per heavy atom. The summed E-state index contributed by atoms with van der Waals surface area (Å²) in [5, 5.41) is 0. The van der Waals surface area contributed by atoms with Crippen LogP contribution in [-0.2, 0) is 20.0 Å². The average Bonchev–Trinajstić information content (AvgIpc) is 3.01. The molecule has 1 saturated heterocycles. The highest BCUT2D eigenvalue weighted by Crippen LogP contribution is 2.26. The summed E-state index contributed by atoms with van der Waals surface area (Å²) in [7, 11) is -7.72. The van der Waals surface area contributed by atoms with Crippen molar-refractivity contribution in [3.63, 3.8) is 0 Å². The first-order chi connectivity index (χ1) is 10.7. The van der Waals surface area contributed by atoms with E-state index in [4.69, 9.17) is 5.73 Å². The zero-order valence-electron chi connectivity index (χ0n) is 13.5. The molecule has 138 valence electrons. The minimum absolute atomic E-state index is 0. The highest BCUT2D eigenvalue weighted by atomic mass is 35.5. The van der Waals surface area contributed by atoms with E-state index < -0.39 is 20.0 Å². The van der Waals surface area contributed by atoms with Gasteiger partial charge in [0.1, 0.15) is 9.79 Å². The molecular weight excluding hydrogens is 374 g/mol. The summed E-state index contributed by atoms with van der Waals surface area (Å²) in [6.45, 7) is 2.79. The molecule has 1 aliphatic heterocycles. The molecule has 0 aliphatic carbocycles. The summed E-state index contributed by atoms with van der Waals surface area (Å²) in [4.78, 5) is -0.383. The van der Waals surface area contributed by atoms with Gasteiger partial charge < -0.3 is 5.73 Å². The molecule has 1 fully saturated rings. The van der Waals surface area contributed by atoms with Crippen LogP contribution in [0.25, 0.3) is 0 Å². The monoisotopic (exact) mass is 397 g/mol. The molecule has 1 aromatic carbocycles. The molecule has 2 rings (SSSR count). The lowest BCUT2D eigenvalue weighted by Crippen LogP contribution is -2.32. The van der Waals surface area contributed by atoms with E-state index in [1.807, 2.05) is 0 Å². The molecule has 1 unspecified atom stereocenters. The summed E-state index contributed by atoms with van der Waals surface area (Å²) in [6, 6.07) is 5.57. The third-order valence-electron chi connectivity index (χ3n) is 3.71. The number of hydrogen-bond acceptors (Lipinski definition) is 5. The first-order valence-corrected chi connectivity index (χ1v) is 10.5. The van der Waals surface area contributed by atoms with Crippen LogP contribution < -0.4 is 10.5 Å². The summed E-state index contributed by atoms with van der Waals surface area (Å²) in [6.07, 6.45) is 2.06. The Bertz CT molecular complexity index is 745. The molecule has 0 bridgehead atoms. The van der Waals surface area contributed by atoms with Crippen LogP contribution in [0.1, 0.15) is 26.2 Å². The maximum absolute atomic E-state index is 12.7. The Hall–Kier alpha value is -0.710. The molecular formula is C14H24ClN3O4S2. The van der Waals surface area contributed by atoms with Gasteiger partial charge in [0, 0.05) is 25.7 Å². The molecule has 0 radical (unpaired) electrons. The topological polar surface area (TPSA) is 110 Å². The lowest BCUT2D eigenvalue weighted by Gasteiger charge is -2.18. The van der Waals surface area contributed by atoms with E-state index in [1.54, 1.807) is 6.92 Å². The Morgan fingerprint density at radius 3 is 2.21 bits per heavy atom.